The molecule has 8 nitrogen and oxygen atoms in total. The van der Waals surface area contributed by atoms with Crippen LogP contribution in [0.1, 0.15) is 35.9 Å². The van der Waals surface area contributed by atoms with Crippen molar-refractivity contribution in [2.45, 2.75) is 20.0 Å². The molecule has 0 bridgehead atoms. The Bertz CT molecular complexity index is 1010. The topological polar surface area (TPSA) is 125 Å². The summed E-state index contributed by atoms with van der Waals surface area (Å²) < 4.78 is 6.47. The number of ether oxygens (including phenoxy) is 1. The SMILES string of the molecule is CC(C)(/C=C/C(=O)NO)[C@@H](OC(=O)NC(=O)c1ccccc1)c1cc(Br)cc(Br)c1O. The minimum atomic E-state index is -1.12. The Balaban J connectivity index is 2.38. The summed E-state index contributed by atoms with van der Waals surface area (Å²) in [6, 6.07) is 11.3. The fourth-order valence-electron chi connectivity index (χ4n) is 2.71. The predicted octanol–water partition coefficient (Wildman–Crippen LogP) is 4.61. The third-order valence-corrected chi connectivity index (χ3v) is 5.33. The van der Waals surface area contributed by atoms with Crippen LogP contribution >= 0.6 is 31.9 Å². The molecule has 2 aromatic rings. The summed E-state index contributed by atoms with van der Waals surface area (Å²) in [5.41, 5.74) is 0.923. The number of hydroxylamine groups is 1. The molecule has 0 spiro atoms. The predicted molar refractivity (Wildman–Crippen MR) is 119 cm³/mol. The van der Waals surface area contributed by atoms with Crippen LogP contribution in [0.2, 0.25) is 0 Å². The van der Waals surface area contributed by atoms with E-state index in [1.807, 2.05) is 0 Å². The average molecular weight is 556 g/mol. The van der Waals surface area contributed by atoms with Crippen molar-refractivity contribution in [2.24, 2.45) is 5.41 Å². The van der Waals surface area contributed by atoms with Crippen LogP contribution < -0.4 is 10.8 Å². The number of rotatable bonds is 6. The van der Waals surface area contributed by atoms with Gasteiger partial charge in [0.25, 0.3) is 11.8 Å². The first-order valence-electron chi connectivity index (χ1n) is 8.93. The van der Waals surface area contributed by atoms with E-state index in [1.54, 1.807) is 44.2 Å². The number of phenolic OH excluding ortho intramolecular Hbond substituents is 1. The monoisotopic (exact) mass is 554 g/mol. The van der Waals surface area contributed by atoms with Crippen LogP contribution in [0.4, 0.5) is 4.79 Å². The van der Waals surface area contributed by atoms with Crippen LogP contribution in [0.3, 0.4) is 0 Å². The molecule has 1 atom stereocenters. The zero-order chi connectivity index (χ0) is 23.2. The van der Waals surface area contributed by atoms with Gasteiger partial charge in [0.2, 0.25) is 0 Å². The second-order valence-electron chi connectivity index (χ2n) is 7.06. The van der Waals surface area contributed by atoms with Crippen molar-refractivity contribution in [2.75, 3.05) is 0 Å². The lowest BCUT2D eigenvalue weighted by Gasteiger charge is -2.32. The number of imide groups is 1. The normalized spacial score (nSPS) is 12.3. The minimum Gasteiger partial charge on any atom is -0.506 e. The molecule has 0 saturated heterocycles. The Morgan fingerprint density at radius 3 is 2.39 bits per heavy atom. The van der Waals surface area contributed by atoms with Gasteiger partial charge in [-0.2, -0.15) is 0 Å². The molecule has 0 radical (unpaired) electrons. The average Bonchev–Trinajstić information content (AvgIpc) is 2.73. The first kappa shape index (κ1) is 24.6. The summed E-state index contributed by atoms with van der Waals surface area (Å²) >= 11 is 6.56. The number of amides is 3. The molecule has 2 aromatic carbocycles. The second kappa shape index (κ2) is 10.6. The van der Waals surface area contributed by atoms with Gasteiger partial charge < -0.3 is 9.84 Å². The summed E-state index contributed by atoms with van der Waals surface area (Å²) in [5, 5.41) is 21.4. The molecule has 0 aliphatic heterocycles. The van der Waals surface area contributed by atoms with Crippen LogP contribution in [0.25, 0.3) is 0 Å². The molecule has 2 rings (SSSR count). The zero-order valence-electron chi connectivity index (χ0n) is 16.6. The number of hydrogen-bond acceptors (Lipinski definition) is 6. The van der Waals surface area contributed by atoms with E-state index in [0.29, 0.717) is 8.95 Å². The molecular formula is C21H20Br2N2O6. The quantitative estimate of drug-likeness (QED) is 0.234. The van der Waals surface area contributed by atoms with Crippen molar-refractivity contribution in [1.29, 1.82) is 0 Å². The lowest BCUT2D eigenvalue weighted by molar-refractivity contribution is -0.124. The van der Waals surface area contributed by atoms with E-state index in [-0.39, 0.29) is 16.9 Å². The summed E-state index contributed by atoms with van der Waals surface area (Å²) in [7, 11) is 0. The second-order valence-corrected chi connectivity index (χ2v) is 8.83. The molecule has 31 heavy (non-hydrogen) atoms. The Labute approximate surface area is 195 Å². The van der Waals surface area contributed by atoms with Gasteiger partial charge in [-0.05, 0) is 40.2 Å². The number of phenols is 1. The number of aromatic hydroxyl groups is 1. The van der Waals surface area contributed by atoms with Crippen molar-refractivity contribution < 1.29 is 29.4 Å². The van der Waals surface area contributed by atoms with Gasteiger partial charge in [-0.3, -0.25) is 20.1 Å². The van der Waals surface area contributed by atoms with Crippen molar-refractivity contribution >= 4 is 49.8 Å². The molecule has 10 heteroatoms. The molecule has 0 unspecified atom stereocenters. The van der Waals surface area contributed by atoms with Gasteiger partial charge in [-0.25, -0.2) is 10.3 Å². The van der Waals surface area contributed by atoms with Crippen LogP contribution in [-0.2, 0) is 9.53 Å². The lowest BCUT2D eigenvalue weighted by atomic mass is 9.81. The van der Waals surface area contributed by atoms with Crippen molar-refractivity contribution in [3.05, 3.63) is 74.7 Å². The molecule has 0 aliphatic carbocycles. The third-order valence-electron chi connectivity index (χ3n) is 4.27. The summed E-state index contributed by atoms with van der Waals surface area (Å²) in [6.45, 7) is 3.30. The van der Waals surface area contributed by atoms with E-state index in [9.17, 15) is 19.5 Å². The highest BCUT2D eigenvalue weighted by Crippen LogP contribution is 2.45. The molecule has 0 fully saturated rings. The zero-order valence-corrected chi connectivity index (χ0v) is 19.7. The van der Waals surface area contributed by atoms with Crippen LogP contribution in [0.15, 0.2) is 63.6 Å². The molecule has 0 heterocycles. The van der Waals surface area contributed by atoms with E-state index in [0.717, 1.165) is 6.08 Å². The van der Waals surface area contributed by atoms with E-state index in [1.165, 1.54) is 23.7 Å². The maximum absolute atomic E-state index is 12.5. The van der Waals surface area contributed by atoms with Gasteiger partial charge in [-0.1, -0.05) is 54.1 Å². The maximum Gasteiger partial charge on any atom is 0.414 e. The number of hydrogen-bond donors (Lipinski definition) is 4. The van der Waals surface area contributed by atoms with Gasteiger partial charge in [0.1, 0.15) is 11.9 Å². The largest absolute Gasteiger partial charge is 0.506 e. The number of carbonyl (C=O) groups excluding carboxylic acids is 3. The summed E-state index contributed by atoms with van der Waals surface area (Å²) in [6.07, 6.45) is 0.312. The highest BCUT2D eigenvalue weighted by atomic mass is 79.9. The maximum atomic E-state index is 12.5. The van der Waals surface area contributed by atoms with E-state index in [2.05, 4.69) is 37.2 Å². The number of carbonyl (C=O) groups is 3. The van der Waals surface area contributed by atoms with Crippen LogP contribution in [0, 0.1) is 5.41 Å². The van der Waals surface area contributed by atoms with Crippen molar-refractivity contribution in [1.82, 2.24) is 10.8 Å². The fraction of sp³-hybridized carbons (Fsp3) is 0.190. The van der Waals surface area contributed by atoms with Crippen molar-refractivity contribution in [3.63, 3.8) is 0 Å². The van der Waals surface area contributed by atoms with Crippen molar-refractivity contribution in [3.8, 4) is 5.75 Å². The highest BCUT2D eigenvalue weighted by molar-refractivity contribution is 9.11. The van der Waals surface area contributed by atoms with Gasteiger partial charge >= 0.3 is 6.09 Å². The van der Waals surface area contributed by atoms with Crippen LogP contribution in [-0.4, -0.2) is 28.2 Å². The fourth-order valence-corrected chi connectivity index (χ4v) is 3.97. The minimum absolute atomic E-state index is 0.177. The Hall–Kier alpha value is -2.69. The standard InChI is InChI=1S/C21H20Br2N2O6/c1-21(2,9-8-16(26)25-30)18(14-10-13(22)11-15(23)17(14)27)31-20(29)24-19(28)12-6-4-3-5-7-12/h3-11,18,27,30H,1-2H3,(H,25,26)(H,24,28,29)/b9-8+/t18-/m0/s1. The molecule has 0 aliphatic rings. The summed E-state index contributed by atoms with van der Waals surface area (Å²) in [5.74, 6) is -1.62. The summed E-state index contributed by atoms with van der Waals surface area (Å²) in [4.78, 5) is 36.3. The molecule has 164 valence electrons. The molecule has 3 amide bonds. The van der Waals surface area contributed by atoms with Gasteiger partial charge in [0.05, 0.1) is 4.47 Å². The van der Waals surface area contributed by atoms with Gasteiger partial charge in [-0.15, -0.1) is 0 Å². The smallest absolute Gasteiger partial charge is 0.414 e. The van der Waals surface area contributed by atoms with Crippen LogP contribution in [0.5, 0.6) is 5.75 Å². The lowest BCUT2D eigenvalue weighted by Crippen LogP contribution is -2.35. The third kappa shape index (κ3) is 6.65. The Kier molecular flexibility index (Phi) is 8.37. The highest BCUT2D eigenvalue weighted by Gasteiger charge is 2.35. The Morgan fingerprint density at radius 1 is 1.13 bits per heavy atom. The van der Waals surface area contributed by atoms with Gasteiger partial charge in [0, 0.05) is 27.1 Å². The molecule has 0 aromatic heterocycles. The van der Waals surface area contributed by atoms with E-state index < -0.39 is 29.4 Å². The van der Waals surface area contributed by atoms with E-state index in [4.69, 9.17) is 9.94 Å². The number of halogens is 2. The molecule has 0 saturated carbocycles. The first-order chi connectivity index (χ1) is 14.5. The Morgan fingerprint density at radius 2 is 1.77 bits per heavy atom. The first-order valence-corrected chi connectivity index (χ1v) is 10.5. The molecule has 4 N–H and O–H groups in total. The molecular weight excluding hydrogens is 536 g/mol. The number of benzene rings is 2. The number of nitrogens with one attached hydrogen (secondary N) is 2. The number of alkyl carbamates (subject to hydrolysis) is 1. The van der Waals surface area contributed by atoms with Gasteiger partial charge in [0.15, 0.2) is 0 Å². The van der Waals surface area contributed by atoms with E-state index >= 15 is 0 Å².